The fraction of sp³-hybridized carbons (Fsp3) is 0. The van der Waals surface area contributed by atoms with E-state index in [1.807, 2.05) is 0 Å². The van der Waals surface area contributed by atoms with Crippen molar-refractivity contribution < 1.29 is 18.9 Å². The monoisotopic (exact) mass is 272 g/mol. The van der Waals surface area contributed by atoms with E-state index in [9.17, 15) is 13.8 Å². The van der Waals surface area contributed by atoms with Gasteiger partial charge in [-0.2, -0.15) is 0 Å². The molecule has 1 unspecified atom stereocenters. The van der Waals surface area contributed by atoms with Gasteiger partial charge in [-0.15, -0.1) is 0 Å². The van der Waals surface area contributed by atoms with Gasteiger partial charge in [0.1, 0.15) is 0 Å². The molecular formula is C14H8O4S. The second-order valence-corrected chi connectivity index (χ2v) is 5.53. The minimum Gasteiger partial charge on any atom is -0.478 e. The maximum atomic E-state index is 12.4. The van der Waals surface area contributed by atoms with Crippen LogP contribution in [0.3, 0.4) is 0 Å². The van der Waals surface area contributed by atoms with Crippen LogP contribution in [0.1, 0.15) is 26.3 Å². The van der Waals surface area contributed by atoms with E-state index in [1.165, 1.54) is 18.2 Å². The van der Waals surface area contributed by atoms with Gasteiger partial charge in [0, 0.05) is 11.1 Å². The van der Waals surface area contributed by atoms with Crippen molar-refractivity contribution in [3.8, 4) is 0 Å². The van der Waals surface area contributed by atoms with Crippen LogP contribution in [0.2, 0.25) is 0 Å². The highest BCUT2D eigenvalue weighted by molar-refractivity contribution is 7.85. The summed E-state index contributed by atoms with van der Waals surface area (Å²) in [5.74, 6) is -1.33. The Bertz CT molecular complexity index is 749. The lowest BCUT2D eigenvalue weighted by Crippen LogP contribution is -2.17. The Labute approximate surface area is 111 Å². The standard InChI is InChI=1S/C14H8O4S/c15-13-9-3-1-2-4-11(9)19(18)12-7-8(14(16)17)5-6-10(12)13/h1-7H,(H,16,17). The van der Waals surface area contributed by atoms with E-state index in [0.717, 1.165) is 0 Å². The van der Waals surface area contributed by atoms with Gasteiger partial charge in [-0.3, -0.25) is 4.79 Å². The third-order valence-electron chi connectivity index (χ3n) is 3.00. The molecule has 1 heterocycles. The molecule has 1 aliphatic rings. The molecule has 4 nitrogen and oxygen atoms in total. The van der Waals surface area contributed by atoms with Crippen LogP contribution < -0.4 is 0 Å². The summed E-state index contributed by atoms with van der Waals surface area (Å²) in [6.45, 7) is 0. The zero-order valence-electron chi connectivity index (χ0n) is 9.62. The lowest BCUT2D eigenvalue weighted by atomic mass is 10.0. The number of hydrogen-bond acceptors (Lipinski definition) is 3. The Morgan fingerprint density at radius 3 is 2.42 bits per heavy atom. The quantitative estimate of drug-likeness (QED) is 0.736. The van der Waals surface area contributed by atoms with Crippen molar-refractivity contribution in [3.63, 3.8) is 0 Å². The first-order chi connectivity index (χ1) is 9.09. The van der Waals surface area contributed by atoms with Crippen molar-refractivity contribution in [1.29, 1.82) is 0 Å². The maximum Gasteiger partial charge on any atom is 0.335 e. The molecule has 0 aromatic heterocycles. The van der Waals surface area contributed by atoms with Crippen LogP contribution in [0.5, 0.6) is 0 Å². The van der Waals surface area contributed by atoms with Crippen molar-refractivity contribution in [2.45, 2.75) is 9.79 Å². The van der Waals surface area contributed by atoms with Gasteiger partial charge >= 0.3 is 5.97 Å². The molecule has 0 saturated heterocycles. The molecule has 0 fully saturated rings. The van der Waals surface area contributed by atoms with Gasteiger partial charge in [-0.1, -0.05) is 12.1 Å². The number of hydrogen-bond donors (Lipinski definition) is 1. The molecule has 0 bridgehead atoms. The number of carboxylic acid groups (broad SMARTS) is 1. The molecule has 0 amide bonds. The molecule has 1 atom stereocenters. The van der Waals surface area contributed by atoms with Gasteiger partial charge < -0.3 is 5.11 Å². The third kappa shape index (κ3) is 1.70. The van der Waals surface area contributed by atoms with Crippen LogP contribution in [0.25, 0.3) is 0 Å². The molecule has 0 radical (unpaired) electrons. The number of carboxylic acids is 1. The molecule has 0 spiro atoms. The summed E-state index contributed by atoms with van der Waals surface area (Å²) in [6, 6.07) is 10.8. The molecule has 1 aliphatic heterocycles. The highest BCUT2D eigenvalue weighted by Crippen LogP contribution is 2.31. The zero-order chi connectivity index (χ0) is 13.6. The van der Waals surface area contributed by atoms with Crippen LogP contribution >= 0.6 is 0 Å². The molecule has 1 N–H and O–H groups in total. The van der Waals surface area contributed by atoms with E-state index >= 15 is 0 Å². The smallest absolute Gasteiger partial charge is 0.335 e. The number of carbonyl (C=O) groups is 2. The predicted octanol–water partition coefficient (Wildman–Crippen LogP) is 2.10. The Morgan fingerprint density at radius 2 is 1.68 bits per heavy atom. The first-order valence-electron chi connectivity index (χ1n) is 5.52. The molecule has 0 aliphatic carbocycles. The molecular weight excluding hydrogens is 264 g/mol. The van der Waals surface area contributed by atoms with Crippen molar-refractivity contribution in [1.82, 2.24) is 0 Å². The summed E-state index contributed by atoms with van der Waals surface area (Å²) in [4.78, 5) is 23.9. The number of fused-ring (bicyclic) bond motifs is 2. The summed E-state index contributed by atoms with van der Waals surface area (Å²) < 4.78 is 12.4. The van der Waals surface area contributed by atoms with Crippen molar-refractivity contribution >= 4 is 22.6 Å². The van der Waals surface area contributed by atoms with Crippen molar-refractivity contribution in [3.05, 3.63) is 59.2 Å². The second-order valence-electron chi connectivity index (χ2n) is 4.11. The van der Waals surface area contributed by atoms with Gasteiger partial charge in [0.2, 0.25) is 0 Å². The summed E-state index contributed by atoms with van der Waals surface area (Å²) in [6.07, 6.45) is 0. The number of benzene rings is 2. The van der Waals surface area contributed by atoms with Gasteiger partial charge in [-0.05, 0) is 30.3 Å². The van der Waals surface area contributed by atoms with Crippen LogP contribution in [-0.4, -0.2) is 21.1 Å². The summed E-state index contributed by atoms with van der Waals surface area (Å²) in [7, 11) is -1.52. The summed E-state index contributed by atoms with van der Waals surface area (Å²) in [5.41, 5.74) is 0.748. The van der Waals surface area contributed by atoms with E-state index in [0.29, 0.717) is 16.0 Å². The van der Waals surface area contributed by atoms with Gasteiger partial charge in [0.25, 0.3) is 0 Å². The number of ketones is 1. The largest absolute Gasteiger partial charge is 0.478 e. The molecule has 3 rings (SSSR count). The van der Waals surface area contributed by atoms with Gasteiger partial charge in [0.05, 0.1) is 26.2 Å². The molecule has 0 saturated carbocycles. The van der Waals surface area contributed by atoms with Gasteiger partial charge in [0.15, 0.2) is 5.78 Å². The average molecular weight is 272 g/mol. The predicted molar refractivity (Wildman–Crippen MR) is 68.0 cm³/mol. The fourth-order valence-corrected chi connectivity index (χ4v) is 3.47. The van der Waals surface area contributed by atoms with E-state index < -0.39 is 16.8 Å². The minimum atomic E-state index is -1.52. The molecule has 2 aromatic carbocycles. The number of carbonyl (C=O) groups excluding carboxylic acids is 1. The van der Waals surface area contributed by atoms with E-state index in [-0.39, 0.29) is 16.2 Å². The van der Waals surface area contributed by atoms with E-state index in [4.69, 9.17) is 5.11 Å². The van der Waals surface area contributed by atoms with Crippen molar-refractivity contribution in [2.75, 3.05) is 0 Å². The summed E-state index contributed by atoms with van der Waals surface area (Å²) in [5, 5.41) is 8.95. The Morgan fingerprint density at radius 1 is 1.00 bits per heavy atom. The first kappa shape index (κ1) is 11.8. The minimum absolute atomic E-state index is 0.0271. The fourth-order valence-electron chi connectivity index (χ4n) is 2.08. The topological polar surface area (TPSA) is 71.4 Å². The average Bonchev–Trinajstić information content (AvgIpc) is 2.44. The third-order valence-corrected chi connectivity index (χ3v) is 4.50. The molecule has 19 heavy (non-hydrogen) atoms. The Kier molecular flexibility index (Phi) is 2.57. The zero-order valence-corrected chi connectivity index (χ0v) is 10.4. The van der Waals surface area contributed by atoms with Crippen molar-refractivity contribution in [2.24, 2.45) is 0 Å². The van der Waals surface area contributed by atoms with Gasteiger partial charge in [-0.25, -0.2) is 9.00 Å². The Balaban J connectivity index is 2.27. The second kappa shape index (κ2) is 4.13. The lowest BCUT2D eigenvalue weighted by Gasteiger charge is -2.17. The van der Waals surface area contributed by atoms with E-state index in [1.54, 1.807) is 24.3 Å². The molecule has 2 aromatic rings. The number of rotatable bonds is 1. The SMILES string of the molecule is O=C(O)c1ccc2c(c1)S(=O)c1ccccc1C2=O. The van der Waals surface area contributed by atoms with Crippen LogP contribution in [0.4, 0.5) is 0 Å². The summed E-state index contributed by atoms with van der Waals surface area (Å²) >= 11 is 0. The molecule has 94 valence electrons. The Hall–Kier alpha value is -2.27. The first-order valence-corrected chi connectivity index (χ1v) is 6.67. The lowest BCUT2D eigenvalue weighted by molar-refractivity contribution is 0.0696. The highest BCUT2D eigenvalue weighted by Gasteiger charge is 2.29. The highest BCUT2D eigenvalue weighted by atomic mass is 32.2. The maximum absolute atomic E-state index is 12.4. The van der Waals surface area contributed by atoms with E-state index in [2.05, 4.69) is 0 Å². The number of aromatic carboxylic acids is 1. The van der Waals surface area contributed by atoms with Crippen LogP contribution in [0.15, 0.2) is 52.3 Å². The van der Waals surface area contributed by atoms with Crippen LogP contribution in [0, 0.1) is 0 Å². The molecule has 5 heteroatoms. The van der Waals surface area contributed by atoms with Crippen LogP contribution in [-0.2, 0) is 10.8 Å². The normalized spacial score (nSPS) is 16.6.